The molecule has 4 N–H and O–H groups in total. The van der Waals surface area contributed by atoms with Gasteiger partial charge in [-0.2, -0.15) is 4.98 Å². The van der Waals surface area contributed by atoms with E-state index in [1.54, 1.807) is 0 Å². The Balaban J connectivity index is 2.42. The molecule has 1 saturated carbocycles. The van der Waals surface area contributed by atoms with Crippen LogP contribution in [0, 0.1) is 5.92 Å². The van der Waals surface area contributed by atoms with Crippen LogP contribution >= 0.6 is 0 Å². The molecule has 3 atom stereocenters. The number of nitrogens with zero attached hydrogens (tertiary/aromatic N) is 2. The third-order valence-corrected chi connectivity index (χ3v) is 3.23. The van der Waals surface area contributed by atoms with Crippen molar-refractivity contribution < 1.29 is 19.0 Å². The Kier molecular flexibility index (Phi) is 3.07. The van der Waals surface area contributed by atoms with E-state index < -0.39 is 36.3 Å². The van der Waals surface area contributed by atoms with Crippen molar-refractivity contribution >= 4 is 5.82 Å². The van der Waals surface area contributed by atoms with E-state index in [-0.39, 0.29) is 12.2 Å². The summed E-state index contributed by atoms with van der Waals surface area (Å²) in [6.45, 7) is -0.565. The van der Waals surface area contributed by atoms with Crippen LogP contribution in [0.3, 0.4) is 0 Å². The number of aromatic nitrogens is 2. The number of nitrogen functional groups attached to an aromatic ring is 1. The summed E-state index contributed by atoms with van der Waals surface area (Å²) in [6.07, 6.45) is -1.05. The number of rotatable bonds is 2. The molecule has 1 aliphatic carbocycles. The molecular formula is C10H13F2N3O3. The maximum Gasteiger partial charge on any atom is 0.349 e. The number of nitrogens with two attached hydrogens (primary N) is 1. The molecule has 1 aromatic rings. The van der Waals surface area contributed by atoms with E-state index in [1.165, 1.54) is 6.07 Å². The van der Waals surface area contributed by atoms with Crippen LogP contribution in [0.2, 0.25) is 0 Å². The van der Waals surface area contributed by atoms with Gasteiger partial charge >= 0.3 is 5.69 Å². The van der Waals surface area contributed by atoms with Gasteiger partial charge in [0.2, 0.25) is 0 Å². The third kappa shape index (κ3) is 1.87. The maximum atomic E-state index is 13.8. The normalized spacial score (nSPS) is 30.6. The molecule has 0 amide bonds. The molecule has 0 aliphatic heterocycles. The van der Waals surface area contributed by atoms with Gasteiger partial charge in [0, 0.05) is 18.7 Å². The first kappa shape index (κ1) is 12.9. The van der Waals surface area contributed by atoms with Gasteiger partial charge in [-0.05, 0) is 12.5 Å². The first-order chi connectivity index (χ1) is 8.37. The van der Waals surface area contributed by atoms with Crippen molar-refractivity contribution in [3.63, 3.8) is 0 Å². The molecule has 0 spiro atoms. The van der Waals surface area contributed by atoms with Gasteiger partial charge in [-0.3, -0.25) is 4.57 Å². The predicted molar refractivity (Wildman–Crippen MR) is 58.1 cm³/mol. The molecule has 0 radical (unpaired) electrons. The molecule has 0 bridgehead atoms. The van der Waals surface area contributed by atoms with E-state index in [4.69, 9.17) is 10.8 Å². The molecular weight excluding hydrogens is 248 g/mol. The Hall–Kier alpha value is -1.54. The Morgan fingerprint density at radius 3 is 2.78 bits per heavy atom. The van der Waals surface area contributed by atoms with Crippen LogP contribution in [-0.4, -0.2) is 38.4 Å². The van der Waals surface area contributed by atoms with E-state index in [2.05, 4.69) is 4.98 Å². The molecule has 100 valence electrons. The van der Waals surface area contributed by atoms with Crippen molar-refractivity contribution in [2.24, 2.45) is 5.92 Å². The number of aliphatic hydroxyl groups excluding tert-OH is 2. The van der Waals surface area contributed by atoms with Gasteiger partial charge in [0.05, 0.1) is 0 Å². The van der Waals surface area contributed by atoms with Crippen LogP contribution in [0.1, 0.15) is 12.5 Å². The number of hydrogen-bond donors (Lipinski definition) is 3. The summed E-state index contributed by atoms with van der Waals surface area (Å²) < 4.78 is 28.4. The summed E-state index contributed by atoms with van der Waals surface area (Å²) in [4.78, 5) is 14.9. The average Bonchev–Trinajstić information content (AvgIpc) is 2.52. The lowest BCUT2D eigenvalue weighted by atomic mass is 10.1. The smallest absolute Gasteiger partial charge is 0.349 e. The number of anilines is 1. The van der Waals surface area contributed by atoms with Crippen molar-refractivity contribution in [3.05, 3.63) is 22.7 Å². The molecule has 1 fully saturated rings. The van der Waals surface area contributed by atoms with Crippen LogP contribution in [0.25, 0.3) is 0 Å². The number of halogens is 2. The first-order valence-electron chi connectivity index (χ1n) is 5.39. The van der Waals surface area contributed by atoms with E-state index in [9.17, 15) is 18.7 Å². The molecule has 0 saturated heterocycles. The minimum atomic E-state index is -3.49. The lowest BCUT2D eigenvalue weighted by Gasteiger charge is -2.23. The highest BCUT2D eigenvalue weighted by atomic mass is 19.3. The first-order valence-corrected chi connectivity index (χ1v) is 5.39. The second kappa shape index (κ2) is 4.29. The van der Waals surface area contributed by atoms with Crippen molar-refractivity contribution in [1.82, 2.24) is 9.55 Å². The average molecular weight is 261 g/mol. The van der Waals surface area contributed by atoms with Crippen LogP contribution in [0.4, 0.5) is 14.6 Å². The van der Waals surface area contributed by atoms with Gasteiger partial charge in [0.15, 0.2) is 0 Å². The molecule has 6 nitrogen and oxygen atoms in total. The SMILES string of the molecule is Nc1ccn(C2CC(CO)[C@@H](O)C2(F)F)c(=O)n1. The Morgan fingerprint density at radius 1 is 1.61 bits per heavy atom. The monoisotopic (exact) mass is 261 g/mol. The highest BCUT2D eigenvalue weighted by Crippen LogP contribution is 2.46. The Morgan fingerprint density at radius 2 is 2.28 bits per heavy atom. The molecule has 1 heterocycles. The third-order valence-electron chi connectivity index (χ3n) is 3.23. The zero-order valence-corrected chi connectivity index (χ0v) is 9.33. The summed E-state index contributed by atoms with van der Waals surface area (Å²) >= 11 is 0. The van der Waals surface area contributed by atoms with Gasteiger partial charge in [-0.15, -0.1) is 0 Å². The molecule has 0 aromatic carbocycles. The zero-order chi connectivity index (χ0) is 13.5. The van der Waals surface area contributed by atoms with Gasteiger partial charge in [-0.25, -0.2) is 13.6 Å². The van der Waals surface area contributed by atoms with Crippen LogP contribution in [-0.2, 0) is 0 Å². The predicted octanol–water partition coefficient (Wildman–Crippen LogP) is -0.625. The fourth-order valence-electron chi connectivity index (χ4n) is 2.22. The second-order valence-corrected chi connectivity index (χ2v) is 4.36. The van der Waals surface area contributed by atoms with E-state index in [1.807, 2.05) is 0 Å². The molecule has 2 unspecified atom stereocenters. The minimum Gasteiger partial charge on any atom is -0.396 e. The molecule has 8 heteroatoms. The fraction of sp³-hybridized carbons (Fsp3) is 0.600. The summed E-state index contributed by atoms with van der Waals surface area (Å²) in [7, 11) is 0. The van der Waals surface area contributed by atoms with Crippen LogP contribution in [0.15, 0.2) is 17.1 Å². The van der Waals surface area contributed by atoms with E-state index in [0.29, 0.717) is 0 Å². The van der Waals surface area contributed by atoms with Crippen molar-refractivity contribution in [2.45, 2.75) is 24.5 Å². The standard InChI is InChI=1S/C10H13F2N3O3/c11-10(12)6(3-5(4-16)8(10)17)15-2-1-7(13)14-9(15)18/h1-2,5-6,8,16-17H,3-4H2,(H2,13,14,18)/t5?,6?,8-/m1/s1. The van der Waals surface area contributed by atoms with Gasteiger partial charge in [0.1, 0.15) is 18.0 Å². The topological polar surface area (TPSA) is 101 Å². The largest absolute Gasteiger partial charge is 0.396 e. The van der Waals surface area contributed by atoms with E-state index in [0.717, 1.165) is 10.8 Å². The number of aliphatic hydroxyl groups is 2. The number of hydrogen-bond acceptors (Lipinski definition) is 5. The van der Waals surface area contributed by atoms with E-state index >= 15 is 0 Å². The van der Waals surface area contributed by atoms with Gasteiger partial charge in [0.25, 0.3) is 5.92 Å². The van der Waals surface area contributed by atoms with Gasteiger partial charge < -0.3 is 15.9 Å². The second-order valence-electron chi connectivity index (χ2n) is 4.36. The molecule has 2 rings (SSSR count). The zero-order valence-electron chi connectivity index (χ0n) is 9.33. The molecule has 18 heavy (non-hydrogen) atoms. The summed E-state index contributed by atoms with van der Waals surface area (Å²) in [5.74, 6) is -4.51. The van der Waals surface area contributed by atoms with Crippen LogP contribution < -0.4 is 11.4 Å². The van der Waals surface area contributed by atoms with Crippen molar-refractivity contribution in [2.75, 3.05) is 12.3 Å². The Labute approximate surface area is 101 Å². The lowest BCUT2D eigenvalue weighted by molar-refractivity contribution is -0.123. The quantitative estimate of drug-likeness (QED) is 0.658. The highest BCUT2D eigenvalue weighted by Gasteiger charge is 2.57. The summed E-state index contributed by atoms with van der Waals surface area (Å²) in [6, 6.07) is -0.291. The van der Waals surface area contributed by atoms with Gasteiger partial charge in [-0.1, -0.05) is 0 Å². The van der Waals surface area contributed by atoms with Crippen molar-refractivity contribution in [3.8, 4) is 0 Å². The summed E-state index contributed by atoms with van der Waals surface area (Å²) in [5, 5.41) is 18.4. The van der Waals surface area contributed by atoms with Crippen LogP contribution in [0.5, 0.6) is 0 Å². The molecule has 1 aromatic heterocycles. The maximum absolute atomic E-state index is 13.8. The number of alkyl halides is 2. The minimum absolute atomic E-state index is 0.0585. The van der Waals surface area contributed by atoms with Crippen molar-refractivity contribution in [1.29, 1.82) is 0 Å². The highest BCUT2D eigenvalue weighted by molar-refractivity contribution is 5.24. The lowest BCUT2D eigenvalue weighted by Crippen LogP contribution is -2.40. The fourth-order valence-corrected chi connectivity index (χ4v) is 2.22. The Bertz CT molecular complexity index is 505. The summed E-state index contributed by atoms with van der Waals surface area (Å²) in [5.41, 5.74) is 4.38. The molecule has 1 aliphatic rings.